The summed E-state index contributed by atoms with van der Waals surface area (Å²) in [7, 11) is 0. The molecule has 1 fully saturated rings. The predicted molar refractivity (Wildman–Crippen MR) is 115 cm³/mol. The van der Waals surface area contributed by atoms with Crippen LogP contribution in [0.25, 0.3) is 0 Å². The van der Waals surface area contributed by atoms with Gasteiger partial charge in [-0.2, -0.15) is 5.26 Å². The number of carbonyl (C=O) groups is 1. The number of benzene rings is 2. The van der Waals surface area contributed by atoms with Crippen LogP contribution in [0.15, 0.2) is 66.9 Å². The second-order valence-corrected chi connectivity index (χ2v) is 6.94. The molecule has 2 aromatic carbocycles. The van der Waals surface area contributed by atoms with Crippen LogP contribution in [-0.4, -0.2) is 24.0 Å². The van der Waals surface area contributed by atoms with Gasteiger partial charge in [-0.3, -0.25) is 9.78 Å². The van der Waals surface area contributed by atoms with Gasteiger partial charge >= 0.3 is 0 Å². The zero-order chi connectivity index (χ0) is 20.1. The summed E-state index contributed by atoms with van der Waals surface area (Å²) in [6.45, 7) is 2.18. The molecule has 144 valence electrons. The first-order chi connectivity index (χ1) is 14.2. The van der Waals surface area contributed by atoms with E-state index in [1.54, 1.807) is 30.5 Å². The van der Waals surface area contributed by atoms with Crippen molar-refractivity contribution in [2.45, 2.75) is 12.8 Å². The van der Waals surface area contributed by atoms with Gasteiger partial charge in [-0.25, -0.2) is 0 Å². The third-order valence-electron chi connectivity index (χ3n) is 4.87. The van der Waals surface area contributed by atoms with Crippen molar-refractivity contribution >= 4 is 28.7 Å². The van der Waals surface area contributed by atoms with Crippen molar-refractivity contribution in [1.29, 1.82) is 5.26 Å². The average molecular weight is 383 g/mol. The highest BCUT2D eigenvalue weighted by atomic mass is 16.1. The molecule has 1 amide bonds. The van der Waals surface area contributed by atoms with Crippen molar-refractivity contribution in [2.75, 3.05) is 28.6 Å². The number of hydrogen-bond acceptors (Lipinski definition) is 5. The minimum absolute atomic E-state index is 0.270. The number of carbonyl (C=O) groups excluding carboxylic acids is 1. The second kappa shape index (κ2) is 8.44. The van der Waals surface area contributed by atoms with Crippen LogP contribution in [0.2, 0.25) is 0 Å². The zero-order valence-electron chi connectivity index (χ0n) is 15.9. The summed E-state index contributed by atoms with van der Waals surface area (Å²) in [6, 6.07) is 20.7. The van der Waals surface area contributed by atoms with Crippen molar-refractivity contribution < 1.29 is 4.79 Å². The van der Waals surface area contributed by atoms with E-state index in [4.69, 9.17) is 5.26 Å². The van der Waals surface area contributed by atoms with Crippen LogP contribution in [0, 0.1) is 11.3 Å². The summed E-state index contributed by atoms with van der Waals surface area (Å²) in [5.74, 6) is -0.270. The van der Waals surface area contributed by atoms with Crippen LogP contribution in [0.3, 0.4) is 0 Å². The summed E-state index contributed by atoms with van der Waals surface area (Å²) in [4.78, 5) is 19.1. The van der Waals surface area contributed by atoms with Crippen LogP contribution in [-0.2, 0) is 0 Å². The molecule has 0 aliphatic carbocycles. The van der Waals surface area contributed by atoms with Crippen LogP contribution in [0.1, 0.15) is 28.9 Å². The molecule has 2 N–H and O–H groups in total. The van der Waals surface area contributed by atoms with E-state index in [9.17, 15) is 4.79 Å². The van der Waals surface area contributed by atoms with Gasteiger partial charge in [-0.05, 0) is 67.4 Å². The minimum atomic E-state index is -0.270. The molecule has 6 heteroatoms. The summed E-state index contributed by atoms with van der Waals surface area (Å²) in [5.41, 5.74) is 4.31. The lowest BCUT2D eigenvalue weighted by Gasteiger charge is -2.17. The number of nitriles is 1. The van der Waals surface area contributed by atoms with Gasteiger partial charge < -0.3 is 15.5 Å². The molecule has 6 nitrogen and oxygen atoms in total. The van der Waals surface area contributed by atoms with Crippen LogP contribution >= 0.6 is 0 Å². The minimum Gasteiger partial charge on any atom is -0.372 e. The zero-order valence-corrected chi connectivity index (χ0v) is 15.9. The number of nitrogens with zero attached hydrogens (tertiary/aromatic N) is 3. The molecule has 0 bridgehead atoms. The Balaban J connectivity index is 1.43. The molecule has 0 spiro atoms. The quantitative estimate of drug-likeness (QED) is 0.676. The van der Waals surface area contributed by atoms with Crippen molar-refractivity contribution in [2.24, 2.45) is 0 Å². The first kappa shape index (κ1) is 18.5. The van der Waals surface area contributed by atoms with Gasteiger partial charge in [0.15, 0.2) is 0 Å². The highest BCUT2D eigenvalue weighted by molar-refractivity contribution is 6.03. The molecule has 1 aliphatic heterocycles. The summed E-state index contributed by atoms with van der Waals surface area (Å²) < 4.78 is 0. The lowest BCUT2D eigenvalue weighted by atomic mass is 10.2. The predicted octanol–water partition coefficient (Wildman–Crippen LogP) is 4.55. The van der Waals surface area contributed by atoms with Gasteiger partial charge in [0.1, 0.15) is 5.69 Å². The van der Waals surface area contributed by atoms with Crippen molar-refractivity contribution in [3.63, 3.8) is 0 Å². The Kier molecular flexibility index (Phi) is 5.39. The normalized spacial score (nSPS) is 13.0. The fourth-order valence-corrected chi connectivity index (χ4v) is 3.39. The molecular formula is C23H21N5O. The van der Waals surface area contributed by atoms with E-state index in [-0.39, 0.29) is 5.91 Å². The maximum absolute atomic E-state index is 12.6. The van der Waals surface area contributed by atoms with Crippen molar-refractivity contribution in [3.8, 4) is 6.07 Å². The standard InChI is InChI=1S/C23H21N5O/c24-16-17-4-3-5-19(14-17)26-20-10-11-25-22(15-20)23(29)27-18-6-8-21(9-7-18)28-12-1-2-13-28/h3-11,14-15H,1-2,12-13H2,(H,25,26)(H,27,29). The van der Waals surface area contributed by atoms with Gasteiger partial charge in [-0.1, -0.05) is 6.07 Å². The summed E-state index contributed by atoms with van der Waals surface area (Å²) in [5, 5.41) is 15.1. The van der Waals surface area contributed by atoms with Crippen LogP contribution < -0.4 is 15.5 Å². The maximum Gasteiger partial charge on any atom is 0.274 e. The Hall–Kier alpha value is -3.85. The third-order valence-corrected chi connectivity index (χ3v) is 4.87. The largest absolute Gasteiger partial charge is 0.372 e. The molecule has 1 aliphatic rings. The van der Waals surface area contributed by atoms with E-state index in [1.165, 1.54) is 18.5 Å². The molecule has 1 saturated heterocycles. The van der Waals surface area contributed by atoms with E-state index in [0.717, 1.165) is 30.2 Å². The smallest absolute Gasteiger partial charge is 0.274 e. The molecule has 0 unspecified atom stereocenters. The molecule has 0 saturated carbocycles. The fourth-order valence-electron chi connectivity index (χ4n) is 3.39. The summed E-state index contributed by atoms with van der Waals surface area (Å²) in [6.07, 6.45) is 4.05. The number of hydrogen-bond donors (Lipinski definition) is 2. The Morgan fingerprint density at radius 2 is 1.72 bits per heavy atom. The van der Waals surface area contributed by atoms with Crippen LogP contribution in [0.5, 0.6) is 0 Å². The monoisotopic (exact) mass is 383 g/mol. The molecule has 4 rings (SSSR count). The van der Waals surface area contributed by atoms with E-state index >= 15 is 0 Å². The highest BCUT2D eigenvalue weighted by Gasteiger charge is 2.13. The van der Waals surface area contributed by atoms with E-state index in [0.29, 0.717) is 11.3 Å². The first-order valence-electron chi connectivity index (χ1n) is 9.61. The number of rotatable bonds is 5. The van der Waals surface area contributed by atoms with E-state index < -0.39 is 0 Å². The Morgan fingerprint density at radius 3 is 2.48 bits per heavy atom. The molecular weight excluding hydrogens is 362 g/mol. The number of amides is 1. The van der Waals surface area contributed by atoms with Gasteiger partial charge in [0.2, 0.25) is 0 Å². The Bertz CT molecular complexity index is 1050. The third kappa shape index (κ3) is 4.53. The summed E-state index contributed by atoms with van der Waals surface area (Å²) >= 11 is 0. The molecule has 3 aromatic rings. The second-order valence-electron chi connectivity index (χ2n) is 6.94. The Morgan fingerprint density at radius 1 is 0.966 bits per heavy atom. The van der Waals surface area contributed by atoms with Crippen LogP contribution in [0.4, 0.5) is 22.7 Å². The van der Waals surface area contributed by atoms with Gasteiger partial charge in [0.05, 0.1) is 11.6 Å². The molecule has 29 heavy (non-hydrogen) atoms. The number of aromatic nitrogens is 1. The average Bonchev–Trinajstić information content (AvgIpc) is 3.29. The number of nitrogens with one attached hydrogen (secondary N) is 2. The van der Waals surface area contributed by atoms with E-state index in [2.05, 4.69) is 26.6 Å². The van der Waals surface area contributed by atoms with Gasteiger partial charge in [0.25, 0.3) is 5.91 Å². The lowest BCUT2D eigenvalue weighted by molar-refractivity contribution is 0.102. The SMILES string of the molecule is N#Cc1cccc(Nc2ccnc(C(=O)Nc3ccc(N4CCCC4)cc3)c2)c1. The maximum atomic E-state index is 12.6. The van der Waals surface area contributed by atoms with Crippen molar-refractivity contribution in [3.05, 3.63) is 78.1 Å². The number of pyridine rings is 1. The molecule has 1 aromatic heterocycles. The van der Waals surface area contributed by atoms with Crippen molar-refractivity contribution in [1.82, 2.24) is 4.98 Å². The Labute approximate surface area is 169 Å². The first-order valence-corrected chi connectivity index (χ1v) is 9.61. The fraction of sp³-hybridized carbons (Fsp3) is 0.174. The molecule has 0 radical (unpaired) electrons. The topological polar surface area (TPSA) is 81.0 Å². The van der Waals surface area contributed by atoms with Gasteiger partial charge in [0, 0.05) is 42.0 Å². The number of anilines is 4. The molecule has 0 atom stereocenters. The lowest BCUT2D eigenvalue weighted by Crippen LogP contribution is -2.17. The van der Waals surface area contributed by atoms with E-state index in [1.807, 2.05) is 36.4 Å². The highest BCUT2D eigenvalue weighted by Crippen LogP contribution is 2.23. The molecule has 2 heterocycles. The van der Waals surface area contributed by atoms with Gasteiger partial charge in [-0.15, -0.1) is 0 Å².